The molecule has 4 rings (SSSR count). The Morgan fingerprint density at radius 2 is 2.06 bits per heavy atom. The predicted molar refractivity (Wildman–Crippen MR) is 114 cm³/mol. The lowest BCUT2D eigenvalue weighted by molar-refractivity contribution is -0.136. The van der Waals surface area contributed by atoms with Crippen LogP contribution in [0.1, 0.15) is 36.0 Å². The van der Waals surface area contributed by atoms with Gasteiger partial charge in [0.25, 0.3) is 5.89 Å². The van der Waals surface area contributed by atoms with Crippen LogP contribution >= 0.6 is 11.8 Å². The minimum Gasteiger partial charge on any atom is -0.337 e. The van der Waals surface area contributed by atoms with E-state index >= 15 is 0 Å². The highest BCUT2D eigenvalue weighted by molar-refractivity contribution is 7.98. The molecule has 0 amide bonds. The van der Waals surface area contributed by atoms with Gasteiger partial charge in [0.05, 0.1) is 29.3 Å². The Kier molecular flexibility index (Phi) is 5.93. The van der Waals surface area contributed by atoms with Crippen LogP contribution in [0.2, 0.25) is 0 Å². The van der Waals surface area contributed by atoms with Crippen LogP contribution in [0.25, 0.3) is 22.4 Å². The Hall–Kier alpha value is -3.32. The lowest BCUT2D eigenvalue weighted by Gasteiger charge is -2.11. The number of aryl methyl sites for hydroxylation is 1. The summed E-state index contributed by atoms with van der Waals surface area (Å²) in [5.41, 5.74) is 0.469. The van der Waals surface area contributed by atoms with E-state index in [2.05, 4.69) is 15.1 Å². The second kappa shape index (κ2) is 8.67. The predicted octanol–water partition coefficient (Wildman–Crippen LogP) is 5.70. The Bertz CT molecular complexity index is 1320. The molecule has 0 saturated carbocycles. The normalized spacial score (nSPS) is 11.8. The average molecular weight is 457 g/mol. The van der Waals surface area contributed by atoms with Crippen LogP contribution in [0, 0.1) is 11.3 Å². The van der Waals surface area contributed by atoms with Gasteiger partial charge in [-0.3, -0.25) is 0 Å². The summed E-state index contributed by atoms with van der Waals surface area (Å²) in [5.74, 6) is 0.636. The molecule has 0 N–H and O–H groups in total. The van der Waals surface area contributed by atoms with Crippen LogP contribution in [-0.2, 0) is 19.1 Å². The molecular formula is C22H18F3N5OS. The molecule has 0 aliphatic heterocycles. The van der Waals surface area contributed by atoms with Crippen molar-refractivity contribution in [2.24, 2.45) is 0 Å². The van der Waals surface area contributed by atoms with E-state index in [1.807, 2.05) is 19.2 Å². The van der Waals surface area contributed by atoms with Crippen LogP contribution in [0.4, 0.5) is 13.2 Å². The molecule has 0 atom stereocenters. The van der Waals surface area contributed by atoms with Crippen LogP contribution in [0.5, 0.6) is 0 Å². The minimum absolute atomic E-state index is 0.000599. The number of nitriles is 1. The van der Waals surface area contributed by atoms with Gasteiger partial charge in [-0.15, -0.1) is 11.8 Å². The number of pyridine rings is 1. The second-order valence-electron chi connectivity index (χ2n) is 7.08. The van der Waals surface area contributed by atoms with Crippen LogP contribution in [0.15, 0.2) is 46.1 Å². The molecule has 0 fully saturated rings. The van der Waals surface area contributed by atoms with Gasteiger partial charge < -0.3 is 9.09 Å². The van der Waals surface area contributed by atoms with Crippen LogP contribution in [0.3, 0.4) is 0 Å². The molecule has 10 heteroatoms. The molecule has 3 aromatic heterocycles. The fourth-order valence-electron chi connectivity index (χ4n) is 3.72. The number of fused-ring (bicyclic) bond motifs is 1. The zero-order chi connectivity index (χ0) is 22.9. The monoisotopic (exact) mass is 457 g/mol. The first kappa shape index (κ1) is 21.9. The van der Waals surface area contributed by atoms with E-state index in [-0.39, 0.29) is 11.9 Å². The second-order valence-corrected chi connectivity index (χ2v) is 7.87. The fraction of sp³-hybridized carbons (Fsp3) is 0.273. The lowest BCUT2D eigenvalue weighted by atomic mass is 10.0. The number of nitrogens with zero attached hydrogens (tertiary/aromatic N) is 5. The molecular weight excluding hydrogens is 439 g/mol. The van der Waals surface area contributed by atoms with Gasteiger partial charge in [0.2, 0.25) is 0 Å². The van der Waals surface area contributed by atoms with Crippen molar-refractivity contribution in [2.45, 2.75) is 37.5 Å². The summed E-state index contributed by atoms with van der Waals surface area (Å²) in [6.07, 6.45) is 0.224. The summed E-state index contributed by atoms with van der Waals surface area (Å²) in [6, 6.07) is 9.51. The molecule has 1 aromatic carbocycles. The summed E-state index contributed by atoms with van der Waals surface area (Å²) in [7, 11) is 0. The van der Waals surface area contributed by atoms with E-state index < -0.39 is 17.3 Å². The van der Waals surface area contributed by atoms with Gasteiger partial charge in [-0.05, 0) is 43.0 Å². The van der Waals surface area contributed by atoms with Gasteiger partial charge in [0.15, 0.2) is 5.82 Å². The quantitative estimate of drug-likeness (QED) is 0.346. The fourth-order valence-corrected chi connectivity index (χ4v) is 4.26. The topological polar surface area (TPSA) is 80.5 Å². The largest absolute Gasteiger partial charge is 0.418 e. The number of benzene rings is 1. The van der Waals surface area contributed by atoms with E-state index in [1.54, 1.807) is 22.9 Å². The maximum atomic E-state index is 13.8. The number of rotatable bonds is 6. The van der Waals surface area contributed by atoms with E-state index in [9.17, 15) is 18.4 Å². The third-order valence-electron chi connectivity index (χ3n) is 5.04. The zero-order valence-electron chi connectivity index (χ0n) is 17.3. The molecule has 4 aromatic rings. The third kappa shape index (κ3) is 3.96. The summed E-state index contributed by atoms with van der Waals surface area (Å²) in [5, 5.41) is 14.0. The van der Waals surface area contributed by atoms with Gasteiger partial charge >= 0.3 is 6.18 Å². The summed E-state index contributed by atoms with van der Waals surface area (Å²) >= 11 is 1.45. The zero-order valence-corrected chi connectivity index (χ0v) is 18.1. The highest BCUT2D eigenvalue weighted by Crippen LogP contribution is 2.39. The number of hydrogen-bond donors (Lipinski definition) is 0. The van der Waals surface area contributed by atoms with Gasteiger partial charge in [0, 0.05) is 22.8 Å². The first-order valence-electron chi connectivity index (χ1n) is 9.81. The van der Waals surface area contributed by atoms with E-state index in [1.165, 1.54) is 30.0 Å². The summed E-state index contributed by atoms with van der Waals surface area (Å²) in [6.45, 7) is 2.09. The third-order valence-corrected chi connectivity index (χ3v) is 5.76. The first-order valence-corrected chi connectivity index (χ1v) is 11.0. The lowest BCUT2D eigenvalue weighted by Crippen LogP contribution is -2.09. The number of thioether (sulfide) groups is 1. The Labute approximate surface area is 186 Å². The number of halogens is 3. The van der Waals surface area contributed by atoms with Crippen molar-refractivity contribution < 1.29 is 17.7 Å². The number of aromatic nitrogens is 4. The Balaban J connectivity index is 1.81. The maximum Gasteiger partial charge on any atom is 0.418 e. The average Bonchev–Trinajstić information content (AvgIpc) is 3.37. The molecule has 0 bridgehead atoms. The van der Waals surface area contributed by atoms with Gasteiger partial charge in [-0.1, -0.05) is 18.5 Å². The SMILES string of the molecule is CCCc1cc2c(C(F)(F)F)c(C#N)ccc2n1Cc1noc(-c2cccnc2SC)n1. The van der Waals surface area contributed by atoms with Crippen molar-refractivity contribution in [1.82, 2.24) is 19.7 Å². The van der Waals surface area contributed by atoms with E-state index in [4.69, 9.17) is 4.52 Å². The standard InChI is InChI=1S/C22H18F3N5OS/c1-3-5-14-10-16-17(8-7-13(11-26)19(16)22(23,24)25)30(14)12-18-28-20(31-29-18)15-6-4-9-27-21(15)32-2/h4,6-10H,3,5,12H2,1-2H3. The van der Waals surface area contributed by atoms with Crippen molar-refractivity contribution in [1.29, 1.82) is 5.26 Å². The maximum absolute atomic E-state index is 13.8. The molecule has 0 aliphatic carbocycles. The van der Waals surface area contributed by atoms with Gasteiger partial charge in [-0.25, -0.2) is 4.98 Å². The Morgan fingerprint density at radius 3 is 2.75 bits per heavy atom. The van der Waals surface area contributed by atoms with Crippen LogP contribution in [-0.4, -0.2) is 25.9 Å². The van der Waals surface area contributed by atoms with Gasteiger partial charge in [-0.2, -0.15) is 23.4 Å². The highest BCUT2D eigenvalue weighted by atomic mass is 32.2. The molecule has 0 unspecified atom stereocenters. The molecule has 3 heterocycles. The molecule has 0 radical (unpaired) electrons. The molecule has 0 aliphatic rings. The molecule has 0 saturated heterocycles. The molecule has 32 heavy (non-hydrogen) atoms. The molecule has 0 spiro atoms. The summed E-state index contributed by atoms with van der Waals surface area (Å²) in [4.78, 5) is 8.73. The summed E-state index contributed by atoms with van der Waals surface area (Å²) < 4.78 is 48.5. The van der Waals surface area contributed by atoms with Crippen molar-refractivity contribution in [3.63, 3.8) is 0 Å². The Morgan fingerprint density at radius 1 is 1.25 bits per heavy atom. The van der Waals surface area contributed by atoms with Gasteiger partial charge in [0.1, 0.15) is 5.03 Å². The van der Waals surface area contributed by atoms with Crippen LogP contribution < -0.4 is 0 Å². The van der Waals surface area contributed by atoms with Crippen molar-refractivity contribution in [3.8, 4) is 17.5 Å². The first-order chi connectivity index (χ1) is 15.4. The van der Waals surface area contributed by atoms with E-state index in [0.717, 1.165) is 11.4 Å². The highest BCUT2D eigenvalue weighted by Gasteiger charge is 2.36. The minimum atomic E-state index is -4.64. The molecule has 6 nitrogen and oxygen atoms in total. The molecule has 164 valence electrons. The smallest absolute Gasteiger partial charge is 0.337 e. The van der Waals surface area contributed by atoms with Crippen molar-refractivity contribution >= 4 is 22.7 Å². The van der Waals surface area contributed by atoms with Crippen molar-refractivity contribution in [3.05, 3.63) is 59.2 Å². The van der Waals surface area contributed by atoms with E-state index in [0.29, 0.717) is 34.9 Å². The number of hydrogen-bond acceptors (Lipinski definition) is 6. The number of alkyl halides is 3. The van der Waals surface area contributed by atoms with Crippen molar-refractivity contribution in [2.75, 3.05) is 6.26 Å².